The van der Waals surface area contributed by atoms with E-state index >= 15 is 0 Å². The number of aryl methyl sites for hydroxylation is 2. The molecule has 2 fully saturated rings. The van der Waals surface area contributed by atoms with Crippen LogP contribution in [-0.2, 0) is 13.5 Å². The number of carbonyl (C=O) groups excluding carboxylic acids is 1. The van der Waals surface area contributed by atoms with Gasteiger partial charge in [0.15, 0.2) is 0 Å². The second kappa shape index (κ2) is 8.49. The Labute approximate surface area is 180 Å². The highest BCUT2D eigenvalue weighted by molar-refractivity contribution is 5.93. The molecule has 0 saturated carbocycles. The number of likely N-dealkylation sites (tertiary alicyclic amines) is 2. The van der Waals surface area contributed by atoms with Gasteiger partial charge in [0.25, 0.3) is 5.91 Å². The van der Waals surface area contributed by atoms with E-state index in [1.807, 2.05) is 13.1 Å². The smallest absolute Gasteiger partial charge is 0.272 e. The van der Waals surface area contributed by atoms with Crippen LogP contribution < -0.4 is 0 Å². The second-order valence-electron chi connectivity index (χ2n) is 9.12. The summed E-state index contributed by atoms with van der Waals surface area (Å²) in [7, 11) is 4.11. The van der Waals surface area contributed by atoms with Gasteiger partial charge in [-0.15, -0.1) is 12.4 Å². The molecule has 0 unspecified atom stereocenters. The number of carbonyl (C=O) groups is 1. The molecule has 0 N–H and O–H groups in total. The van der Waals surface area contributed by atoms with Gasteiger partial charge in [0, 0.05) is 38.6 Å². The fraction of sp³-hybridized carbons (Fsp3) is 0.565. The van der Waals surface area contributed by atoms with Gasteiger partial charge in [0.1, 0.15) is 5.69 Å². The van der Waals surface area contributed by atoms with Crippen molar-refractivity contribution in [1.29, 1.82) is 0 Å². The number of nitrogens with zero attached hydrogens (tertiary/aromatic N) is 4. The van der Waals surface area contributed by atoms with Crippen LogP contribution in [0.5, 0.6) is 0 Å². The van der Waals surface area contributed by atoms with E-state index < -0.39 is 0 Å². The molecule has 0 radical (unpaired) electrons. The molecule has 3 atom stereocenters. The number of amides is 1. The monoisotopic (exact) mass is 416 g/mol. The molecule has 0 bridgehead atoms. The first kappa shape index (κ1) is 21.8. The maximum atomic E-state index is 13.2. The maximum Gasteiger partial charge on any atom is 0.272 e. The quantitative estimate of drug-likeness (QED) is 0.762. The summed E-state index contributed by atoms with van der Waals surface area (Å²) in [5.41, 5.74) is 4.48. The Kier molecular flexibility index (Phi) is 6.39. The summed E-state index contributed by atoms with van der Waals surface area (Å²) in [6.07, 6.45) is 0.909. The van der Waals surface area contributed by atoms with E-state index in [0.717, 1.165) is 37.4 Å². The summed E-state index contributed by atoms with van der Waals surface area (Å²) in [6, 6.07) is 11.1. The van der Waals surface area contributed by atoms with Gasteiger partial charge >= 0.3 is 0 Å². The molecular formula is C23H33ClN4O. The minimum absolute atomic E-state index is 0. The average molecular weight is 417 g/mol. The summed E-state index contributed by atoms with van der Waals surface area (Å²) in [4.78, 5) is 17.8. The number of benzene rings is 1. The second-order valence-corrected chi connectivity index (χ2v) is 9.12. The van der Waals surface area contributed by atoms with Crippen LogP contribution in [0.2, 0.25) is 0 Å². The molecule has 2 aliphatic heterocycles. The van der Waals surface area contributed by atoms with Crippen molar-refractivity contribution in [1.82, 2.24) is 19.6 Å². The molecule has 5 nitrogen and oxygen atoms in total. The Morgan fingerprint density at radius 1 is 1.17 bits per heavy atom. The van der Waals surface area contributed by atoms with Crippen LogP contribution in [0.3, 0.4) is 0 Å². The fourth-order valence-electron chi connectivity index (χ4n) is 5.22. The molecule has 0 aliphatic carbocycles. The van der Waals surface area contributed by atoms with E-state index in [2.05, 4.69) is 67.0 Å². The number of aromatic nitrogens is 2. The molecule has 158 valence electrons. The zero-order chi connectivity index (χ0) is 20.0. The first-order chi connectivity index (χ1) is 13.3. The molecule has 29 heavy (non-hydrogen) atoms. The van der Waals surface area contributed by atoms with Crippen molar-refractivity contribution in [2.45, 2.75) is 33.2 Å². The topological polar surface area (TPSA) is 41.4 Å². The largest absolute Gasteiger partial charge is 0.337 e. The van der Waals surface area contributed by atoms with E-state index in [-0.39, 0.29) is 18.3 Å². The van der Waals surface area contributed by atoms with Crippen LogP contribution in [0.4, 0.5) is 0 Å². The Balaban J connectivity index is 0.00000240. The van der Waals surface area contributed by atoms with Crippen LogP contribution in [0, 0.1) is 24.7 Å². The lowest BCUT2D eigenvalue weighted by Crippen LogP contribution is -2.34. The number of halogens is 1. The van der Waals surface area contributed by atoms with E-state index in [4.69, 9.17) is 0 Å². The molecule has 4 rings (SSSR count). The Bertz CT molecular complexity index is 878. The summed E-state index contributed by atoms with van der Waals surface area (Å²) >= 11 is 0. The normalized spacial score (nSPS) is 24.1. The van der Waals surface area contributed by atoms with Gasteiger partial charge in [-0.2, -0.15) is 5.10 Å². The lowest BCUT2D eigenvalue weighted by molar-refractivity contribution is 0.0757. The molecule has 2 saturated heterocycles. The molecule has 1 aromatic heterocycles. The molecule has 6 heteroatoms. The van der Waals surface area contributed by atoms with Crippen molar-refractivity contribution in [3.63, 3.8) is 0 Å². The highest BCUT2D eigenvalue weighted by Crippen LogP contribution is 2.45. The van der Waals surface area contributed by atoms with Crippen molar-refractivity contribution < 1.29 is 4.79 Å². The molecule has 2 aliphatic rings. The standard InChI is InChI=1S/C23H32N4O.ClH/c1-15(2)10-18-11-21(26(5)24-18)23(28)27-13-17-12-25(4)22(20(17)14-27)19-9-7-6-8-16(19)3;/h6-9,11,15,17,20,22H,10,12-14H2,1-5H3;1H/t17-,20+,22-;/m0./s1. The third-order valence-corrected chi connectivity index (χ3v) is 6.46. The minimum Gasteiger partial charge on any atom is -0.337 e. The zero-order valence-corrected chi connectivity index (χ0v) is 18.9. The average Bonchev–Trinajstić information content (AvgIpc) is 3.27. The van der Waals surface area contributed by atoms with Gasteiger partial charge in [-0.25, -0.2) is 0 Å². The Hall–Kier alpha value is -1.85. The number of hydrogen-bond donors (Lipinski definition) is 0. The summed E-state index contributed by atoms with van der Waals surface area (Å²) < 4.78 is 1.76. The lowest BCUT2D eigenvalue weighted by Gasteiger charge is -2.28. The number of hydrogen-bond acceptors (Lipinski definition) is 3. The molecule has 0 spiro atoms. The van der Waals surface area contributed by atoms with Crippen LogP contribution in [0.15, 0.2) is 30.3 Å². The highest BCUT2D eigenvalue weighted by atomic mass is 35.5. The van der Waals surface area contributed by atoms with Crippen LogP contribution >= 0.6 is 12.4 Å². The van der Waals surface area contributed by atoms with E-state index in [1.165, 1.54) is 11.1 Å². The minimum atomic E-state index is 0. The van der Waals surface area contributed by atoms with Gasteiger partial charge in [0.2, 0.25) is 0 Å². The van der Waals surface area contributed by atoms with Crippen molar-refractivity contribution in [3.8, 4) is 0 Å². The zero-order valence-electron chi connectivity index (χ0n) is 18.1. The molecule has 2 aromatic rings. The Morgan fingerprint density at radius 3 is 2.59 bits per heavy atom. The number of fused-ring (bicyclic) bond motifs is 1. The summed E-state index contributed by atoms with van der Waals surface area (Å²) in [6.45, 7) is 9.29. The predicted molar refractivity (Wildman–Crippen MR) is 118 cm³/mol. The van der Waals surface area contributed by atoms with Crippen molar-refractivity contribution in [2.75, 3.05) is 26.7 Å². The molecular weight excluding hydrogens is 384 g/mol. The van der Waals surface area contributed by atoms with Gasteiger partial charge in [0.05, 0.1) is 5.69 Å². The first-order valence-corrected chi connectivity index (χ1v) is 10.4. The number of rotatable bonds is 4. The maximum absolute atomic E-state index is 13.2. The highest BCUT2D eigenvalue weighted by Gasteiger charge is 2.47. The lowest BCUT2D eigenvalue weighted by atomic mass is 9.88. The van der Waals surface area contributed by atoms with Gasteiger partial charge < -0.3 is 4.90 Å². The third-order valence-electron chi connectivity index (χ3n) is 6.46. The summed E-state index contributed by atoms with van der Waals surface area (Å²) in [5, 5.41) is 4.56. The summed E-state index contributed by atoms with van der Waals surface area (Å²) in [5.74, 6) is 1.71. The van der Waals surface area contributed by atoms with E-state index in [0.29, 0.717) is 23.8 Å². The fourth-order valence-corrected chi connectivity index (χ4v) is 5.22. The van der Waals surface area contributed by atoms with Crippen LogP contribution in [0.1, 0.15) is 47.2 Å². The van der Waals surface area contributed by atoms with E-state index in [9.17, 15) is 4.79 Å². The van der Waals surface area contributed by atoms with Gasteiger partial charge in [-0.1, -0.05) is 38.1 Å². The van der Waals surface area contributed by atoms with Gasteiger partial charge in [-0.05, 0) is 49.4 Å². The molecule has 3 heterocycles. The molecule has 1 amide bonds. The molecule has 1 aromatic carbocycles. The predicted octanol–water partition coefficient (Wildman–Crippen LogP) is 3.72. The van der Waals surface area contributed by atoms with Crippen molar-refractivity contribution in [2.24, 2.45) is 24.8 Å². The van der Waals surface area contributed by atoms with Crippen LogP contribution in [-0.4, -0.2) is 52.2 Å². The van der Waals surface area contributed by atoms with Gasteiger partial charge in [-0.3, -0.25) is 14.4 Å². The van der Waals surface area contributed by atoms with Crippen molar-refractivity contribution >= 4 is 18.3 Å². The third kappa shape index (κ3) is 4.08. The SMILES string of the molecule is Cc1ccccc1[C@H]1[C@@H]2CN(C(=O)c3cc(CC(C)C)nn3C)C[C@@H]2CN1C.Cl. The van der Waals surface area contributed by atoms with Crippen LogP contribution in [0.25, 0.3) is 0 Å². The first-order valence-electron chi connectivity index (χ1n) is 10.4. The van der Waals surface area contributed by atoms with Crippen molar-refractivity contribution in [3.05, 3.63) is 52.8 Å². The van der Waals surface area contributed by atoms with E-state index in [1.54, 1.807) is 4.68 Å². The Morgan fingerprint density at radius 2 is 1.90 bits per heavy atom.